The molecule has 0 bridgehead atoms. The summed E-state index contributed by atoms with van der Waals surface area (Å²) in [6.45, 7) is 6.74. The van der Waals surface area contributed by atoms with Gasteiger partial charge in [0.15, 0.2) is 11.5 Å². The van der Waals surface area contributed by atoms with Crippen LogP contribution >= 0.6 is 12.4 Å². The Labute approximate surface area is 200 Å². The number of aliphatic hydroxyl groups is 1. The Morgan fingerprint density at radius 2 is 1.82 bits per heavy atom. The van der Waals surface area contributed by atoms with Crippen LogP contribution in [-0.4, -0.2) is 65.5 Å². The second kappa shape index (κ2) is 10.7. The number of benzene rings is 2. The Bertz CT molecular complexity index is 1080. The Morgan fingerprint density at radius 1 is 1.12 bits per heavy atom. The van der Waals surface area contributed by atoms with E-state index in [0.717, 1.165) is 11.1 Å². The zero-order valence-corrected chi connectivity index (χ0v) is 20.4. The lowest BCUT2D eigenvalue weighted by molar-refractivity contribution is -0.140. The van der Waals surface area contributed by atoms with Crippen molar-refractivity contribution in [1.82, 2.24) is 9.80 Å². The standard InChI is InChI=1S/C25H30N2O5.ClH/c1-6-32-20-14-17(9-10-19(20)28)22-21(23(29)18-13-15(2)7-8-16(18)3)24(30)25(31)27(22)12-11-26(4)5;/h7-10,13-14,22,28-29H,6,11-12H2,1-5H3;1H. The molecule has 1 fully saturated rings. The molecule has 0 spiro atoms. The number of likely N-dealkylation sites (tertiary alicyclic amines) is 1. The molecule has 1 amide bonds. The fourth-order valence-corrected chi connectivity index (χ4v) is 3.87. The van der Waals surface area contributed by atoms with Crippen molar-refractivity contribution in [3.63, 3.8) is 0 Å². The molecule has 33 heavy (non-hydrogen) atoms. The molecular weight excluding hydrogens is 444 g/mol. The number of carbonyl (C=O) groups excluding carboxylic acids is 2. The van der Waals surface area contributed by atoms with Crippen LogP contribution in [0.4, 0.5) is 0 Å². The Balaban J connectivity index is 0.00000385. The van der Waals surface area contributed by atoms with Gasteiger partial charge in [-0.25, -0.2) is 0 Å². The molecule has 7 nitrogen and oxygen atoms in total. The second-order valence-electron chi connectivity index (χ2n) is 8.27. The van der Waals surface area contributed by atoms with Gasteiger partial charge in [0.1, 0.15) is 5.76 Å². The summed E-state index contributed by atoms with van der Waals surface area (Å²) in [7, 11) is 3.77. The van der Waals surface area contributed by atoms with E-state index in [1.165, 1.54) is 11.0 Å². The first-order chi connectivity index (χ1) is 15.1. The van der Waals surface area contributed by atoms with Gasteiger partial charge in [0.05, 0.1) is 18.2 Å². The van der Waals surface area contributed by atoms with Gasteiger partial charge < -0.3 is 24.7 Å². The van der Waals surface area contributed by atoms with Crippen LogP contribution in [0.15, 0.2) is 42.0 Å². The van der Waals surface area contributed by atoms with Crippen LogP contribution in [0.25, 0.3) is 5.76 Å². The highest BCUT2D eigenvalue weighted by atomic mass is 35.5. The van der Waals surface area contributed by atoms with Crippen LogP contribution in [0.2, 0.25) is 0 Å². The zero-order valence-electron chi connectivity index (χ0n) is 19.6. The van der Waals surface area contributed by atoms with E-state index in [-0.39, 0.29) is 35.2 Å². The summed E-state index contributed by atoms with van der Waals surface area (Å²) in [4.78, 5) is 29.5. The number of carbonyl (C=O) groups is 2. The zero-order chi connectivity index (χ0) is 23.6. The monoisotopic (exact) mass is 474 g/mol. The normalized spacial score (nSPS) is 17.4. The fourth-order valence-electron chi connectivity index (χ4n) is 3.87. The van der Waals surface area contributed by atoms with Crippen molar-refractivity contribution in [2.75, 3.05) is 33.8 Å². The van der Waals surface area contributed by atoms with Gasteiger partial charge in [-0.3, -0.25) is 9.59 Å². The van der Waals surface area contributed by atoms with Gasteiger partial charge in [-0.1, -0.05) is 23.8 Å². The van der Waals surface area contributed by atoms with Gasteiger partial charge in [0.2, 0.25) is 0 Å². The lowest BCUT2D eigenvalue weighted by atomic mass is 9.93. The van der Waals surface area contributed by atoms with Crippen LogP contribution < -0.4 is 4.74 Å². The SMILES string of the molecule is CCOc1cc(C2C(=C(O)c3cc(C)ccc3C)C(=O)C(=O)N2CCN(C)C)ccc1O.Cl. The van der Waals surface area contributed by atoms with Crippen LogP contribution in [0.5, 0.6) is 11.5 Å². The number of rotatable bonds is 7. The van der Waals surface area contributed by atoms with Gasteiger partial charge >= 0.3 is 0 Å². The van der Waals surface area contributed by atoms with E-state index >= 15 is 0 Å². The van der Waals surface area contributed by atoms with Crippen LogP contribution in [0, 0.1) is 13.8 Å². The number of hydrogen-bond donors (Lipinski definition) is 2. The predicted octanol–water partition coefficient (Wildman–Crippen LogP) is 3.81. The lowest BCUT2D eigenvalue weighted by Crippen LogP contribution is -2.35. The van der Waals surface area contributed by atoms with E-state index in [0.29, 0.717) is 30.8 Å². The number of phenols is 1. The van der Waals surface area contributed by atoms with Crippen LogP contribution in [-0.2, 0) is 9.59 Å². The number of Topliss-reactive ketones (excluding diaryl/α,β-unsaturated/α-hetero) is 1. The number of aryl methyl sites for hydroxylation is 2. The summed E-state index contributed by atoms with van der Waals surface area (Å²) < 4.78 is 5.51. The highest BCUT2D eigenvalue weighted by molar-refractivity contribution is 6.46. The molecule has 8 heteroatoms. The van der Waals surface area contributed by atoms with Gasteiger partial charge in [0.25, 0.3) is 11.7 Å². The van der Waals surface area contributed by atoms with Crippen LogP contribution in [0.1, 0.15) is 35.2 Å². The largest absolute Gasteiger partial charge is 0.507 e. The lowest BCUT2D eigenvalue weighted by Gasteiger charge is -2.27. The average Bonchev–Trinajstić information content (AvgIpc) is 3.00. The molecule has 178 valence electrons. The second-order valence-corrected chi connectivity index (χ2v) is 8.27. The maximum atomic E-state index is 13.1. The molecule has 1 atom stereocenters. The van der Waals surface area contributed by atoms with Crippen molar-refractivity contribution >= 4 is 29.9 Å². The molecule has 1 saturated heterocycles. The molecule has 1 unspecified atom stereocenters. The topological polar surface area (TPSA) is 90.3 Å². The molecule has 2 aromatic rings. The molecule has 2 aromatic carbocycles. The van der Waals surface area contributed by atoms with Crippen molar-refractivity contribution in [2.45, 2.75) is 26.8 Å². The van der Waals surface area contributed by atoms with Gasteiger partial charge in [-0.2, -0.15) is 0 Å². The molecule has 1 aliphatic rings. The van der Waals surface area contributed by atoms with Gasteiger partial charge in [-0.05, 0) is 64.2 Å². The molecule has 0 aromatic heterocycles. The Hall–Kier alpha value is -3.03. The number of amides is 1. The number of ether oxygens (including phenoxy) is 1. The summed E-state index contributed by atoms with van der Waals surface area (Å²) in [5.41, 5.74) is 2.86. The number of likely N-dealkylation sites (N-methyl/N-ethyl adjacent to an activating group) is 1. The van der Waals surface area contributed by atoms with E-state index in [1.54, 1.807) is 25.1 Å². The predicted molar refractivity (Wildman–Crippen MR) is 130 cm³/mol. The van der Waals surface area contributed by atoms with Crippen LogP contribution in [0.3, 0.4) is 0 Å². The minimum absolute atomic E-state index is 0. The molecule has 1 heterocycles. The molecule has 0 saturated carbocycles. The Morgan fingerprint density at radius 3 is 2.45 bits per heavy atom. The van der Waals surface area contributed by atoms with Gasteiger partial charge in [0, 0.05) is 18.7 Å². The molecule has 2 N–H and O–H groups in total. The van der Waals surface area contributed by atoms with E-state index in [1.807, 2.05) is 45.0 Å². The fraction of sp³-hybridized carbons (Fsp3) is 0.360. The molecule has 0 radical (unpaired) electrons. The average molecular weight is 475 g/mol. The van der Waals surface area contributed by atoms with Gasteiger partial charge in [-0.15, -0.1) is 12.4 Å². The highest BCUT2D eigenvalue weighted by Crippen LogP contribution is 2.42. The summed E-state index contributed by atoms with van der Waals surface area (Å²) in [5.74, 6) is -1.36. The minimum Gasteiger partial charge on any atom is -0.507 e. The number of aromatic hydroxyl groups is 1. The Kier molecular flexibility index (Phi) is 8.52. The quantitative estimate of drug-likeness (QED) is 0.360. The number of halogens is 1. The van der Waals surface area contributed by atoms with E-state index in [4.69, 9.17) is 4.74 Å². The van der Waals surface area contributed by atoms with Crippen molar-refractivity contribution in [2.24, 2.45) is 0 Å². The molecule has 1 aliphatic heterocycles. The first kappa shape index (κ1) is 26.2. The van der Waals surface area contributed by atoms with Crippen molar-refractivity contribution < 1.29 is 24.5 Å². The molecule has 3 rings (SSSR count). The number of hydrogen-bond acceptors (Lipinski definition) is 6. The molecular formula is C25H31ClN2O5. The van der Waals surface area contributed by atoms with Crippen molar-refractivity contribution in [3.8, 4) is 11.5 Å². The highest BCUT2D eigenvalue weighted by Gasteiger charge is 2.46. The number of nitrogens with zero attached hydrogens (tertiary/aromatic N) is 2. The number of aliphatic hydroxyl groups excluding tert-OH is 1. The summed E-state index contributed by atoms with van der Waals surface area (Å²) in [6.07, 6.45) is 0. The summed E-state index contributed by atoms with van der Waals surface area (Å²) >= 11 is 0. The third-order valence-corrected chi connectivity index (χ3v) is 5.58. The number of ketones is 1. The smallest absolute Gasteiger partial charge is 0.295 e. The third kappa shape index (κ3) is 5.31. The minimum atomic E-state index is -0.797. The van der Waals surface area contributed by atoms with E-state index in [9.17, 15) is 19.8 Å². The maximum absolute atomic E-state index is 13.1. The summed E-state index contributed by atoms with van der Waals surface area (Å²) in [5, 5.41) is 21.4. The first-order valence-corrected chi connectivity index (χ1v) is 10.6. The van der Waals surface area contributed by atoms with E-state index in [2.05, 4.69) is 0 Å². The first-order valence-electron chi connectivity index (χ1n) is 10.6. The van der Waals surface area contributed by atoms with Crippen molar-refractivity contribution in [3.05, 3.63) is 64.2 Å². The number of phenolic OH excluding ortho intramolecular Hbond substituents is 1. The third-order valence-electron chi connectivity index (χ3n) is 5.58. The summed E-state index contributed by atoms with van der Waals surface area (Å²) in [6, 6.07) is 9.54. The maximum Gasteiger partial charge on any atom is 0.295 e. The van der Waals surface area contributed by atoms with Crippen molar-refractivity contribution in [1.29, 1.82) is 0 Å². The molecule has 0 aliphatic carbocycles. The van der Waals surface area contributed by atoms with E-state index < -0.39 is 17.7 Å².